The van der Waals surface area contributed by atoms with E-state index < -0.39 is 0 Å². The summed E-state index contributed by atoms with van der Waals surface area (Å²) < 4.78 is 16.1. The molecule has 0 aromatic heterocycles. The molecular weight excluding hydrogens is 244 g/mol. The van der Waals surface area contributed by atoms with Crippen LogP contribution in [-0.4, -0.2) is 26.5 Å². The number of terminal acetylenes is 1. The minimum absolute atomic E-state index is 0.0607. The Kier molecular flexibility index (Phi) is 4.15. The Morgan fingerprint density at radius 1 is 1.53 bits per heavy atom. The quantitative estimate of drug-likeness (QED) is 0.776. The molecule has 1 heterocycles. The van der Waals surface area contributed by atoms with E-state index in [9.17, 15) is 0 Å². The number of hydrogen-bond acceptors (Lipinski definition) is 5. The van der Waals surface area contributed by atoms with Gasteiger partial charge in [0.15, 0.2) is 11.5 Å². The van der Waals surface area contributed by atoms with Crippen LogP contribution in [0.5, 0.6) is 17.2 Å². The van der Waals surface area contributed by atoms with Crippen molar-refractivity contribution in [3.8, 4) is 29.6 Å². The van der Waals surface area contributed by atoms with Crippen molar-refractivity contribution in [2.24, 2.45) is 5.73 Å². The molecule has 5 nitrogen and oxygen atoms in total. The summed E-state index contributed by atoms with van der Waals surface area (Å²) in [5.74, 6) is 4.57. The Hall–Kier alpha value is -1.90. The highest BCUT2D eigenvalue weighted by Gasteiger charge is 2.23. The van der Waals surface area contributed by atoms with E-state index in [2.05, 4.69) is 11.2 Å². The second-order valence-electron chi connectivity index (χ2n) is 4.30. The van der Waals surface area contributed by atoms with Gasteiger partial charge in [-0.1, -0.05) is 5.92 Å². The van der Waals surface area contributed by atoms with Gasteiger partial charge in [0.25, 0.3) is 0 Å². The molecule has 0 fully saturated rings. The third kappa shape index (κ3) is 2.75. The standard InChI is InChI=1S/C14H18N2O3/c1-4-9(2)16-11(7-15)10-5-12(17-3)14-13(6-10)18-8-19-14/h1,5-6,9,11,16H,7-8,15H2,2-3H3. The number of fused-ring (bicyclic) bond motifs is 1. The van der Waals surface area contributed by atoms with Crippen LogP contribution in [0.4, 0.5) is 0 Å². The average molecular weight is 262 g/mol. The first-order valence-electron chi connectivity index (χ1n) is 6.09. The molecule has 0 amide bonds. The van der Waals surface area contributed by atoms with Crippen molar-refractivity contribution >= 4 is 0 Å². The highest BCUT2D eigenvalue weighted by molar-refractivity contribution is 5.55. The van der Waals surface area contributed by atoms with Gasteiger partial charge in [0.2, 0.25) is 12.5 Å². The fourth-order valence-electron chi connectivity index (χ4n) is 2.00. The van der Waals surface area contributed by atoms with Crippen molar-refractivity contribution in [1.82, 2.24) is 5.32 Å². The lowest BCUT2D eigenvalue weighted by Gasteiger charge is -2.20. The van der Waals surface area contributed by atoms with Crippen LogP contribution in [0.2, 0.25) is 0 Å². The first-order chi connectivity index (χ1) is 9.19. The maximum Gasteiger partial charge on any atom is 0.231 e. The highest BCUT2D eigenvalue weighted by atomic mass is 16.7. The summed E-state index contributed by atoms with van der Waals surface area (Å²) in [7, 11) is 1.59. The van der Waals surface area contributed by atoms with Gasteiger partial charge in [-0.25, -0.2) is 0 Å². The van der Waals surface area contributed by atoms with Gasteiger partial charge in [-0.2, -0.15) is 0 Å². The summed E-state index contributed by atoms with van der Waals surface area (Å²) in [6.45, 7) is 2.54. The van der Waals surface area contributed by atoms with Crippen LogP contribution in [-0.2, 0) is 0 Å². The molecule has 2 unspecified atom stereocenters. The minimum atomic E-state index is -0.0648. The number of methoxy groups -OCH3 is 1. The normalized spacial score (nSPS) is 15.7. The first kappa shape index (κ1) is 13.5. The van der Waals surface area contributed by atoms with Crippen molar-refractivity contribution in [2.45, 2.75) is 19.0 Å². The number of rotatable bonds is 5. The van der Waals surface area contributed by atoms with E-state index in [1.54, 1.807) is 7.11 Å². The van der Waals surface area contributed by atoms with Gasteiger partial charge in [-0.15, -0.1) is 6.42 Å². The van der Waals surface area contributed by atoms with E-state index in [1.165, 1.54) is 0 Å². The predicted octanol–water partition coefficient (Wildman–Crippen LogP) is 1.04. The van der Waals surface area contributed by atoms with Crippen LogP contribution in [0, 0.1) is 12.3 Å². The van der Waals surface area contributed by atoms with Crippen LogP contribution < -0.4 is 25.3 Å². The maximum absolute atomic E-state index is 5.80. The molecule has 5 heteroatoms. The lowest BCUT2D eigenvalue weighted by Crippen LogP contribution is -2.34. The maximum atomic E-state index is 5.80. The second-order valence-corrected chi connectivity index (χ2v) is 4.30. The van der Waals surface area contributed by atoms with Gasteiger partial charge in [-0.05, 0) is 24.6 Å². The smallest absolute Gasteiger partial charge is 0.231 e. The zero-order valence-electron chi connectivity index (χ0n) is 11.1. The molecule has 1 aliphatic rings. The summed E-state index contributed by atoms with van der Waals surface area (Å²) in [5.41, 5.74) is 6.76. The molecule has 1 aliphatic heterocycles. The van der Waals surface area contributed by atoms with E-state index in [1.807, 2.05) is 19.1 Å². The molecule has 1 aromatic carbocycles. The summed E-state index contributed by atoms with van der Waals surface area (Å²) in [6, 6.07) is 3.67. The van der Waals surface area contributed by atoms with Crippen molar-refractivity contribution in [1.29, 1.82) is 0 Å². The Morgan fingerprint density at radius 2 is 2.32 bits per heavy atom. The zero-order valence-corrected chi connectivity index (χ0v) is 11.1. The molecule has 0 aliphatic carbocycles. The highest BCUT2D eigenvalue weighted by Crippen LogP contribution is 2.42. The molecule has 102 valence electrons. The predicted molar refractivity (Wildman–Crippen MR) is 72.3 cm³/mol. The monoisotopic (exact) mass is 262 g/mol. The molecule has 19 heavy (non-hydrogen) atoms. The van der Waals surface area contributed by atoms with Crippen LogP contribution >= 0.6 is 0 Å². The third-order valence-corrected chi connectivity index (χ3v) is 3.02. The summed E-state index contributed by atoms with van der Waals surface area (Å²) in [6.07, 6.45) is 5.38. The average Bonchev–Trinajstić information content (AvgIpc) is 2.91. The van der Waals surface area contributed by atoms with Crippen molar-refractivity contribution in [3.05, 3.63) is 17.7 Å². The largest absolute Gasteiger partial charge is 0.493 e. The number of nitrogens with two attached hydrogens (primary N) is 1. The summed E-state index contributed by atoms with van der Waals surface area (Å²) in [4.78, 5) is 0. The van der Waals surface area contributed by atoms with E-state index >= 15 is 0 Å². The van der Waals surface area contributed by atoms with E-state index in [4.69, 9.17) is 26.4 Å². The topological polar surface area (TPSA) is 65.7 Å². The molecule has 3 N–H and O–H groups in total. The van der Waals surface area contributed by atoms with E-state index in [0.29, 0.717) is 23.8 Å². The summed E-state index contributed by atoms with van der Waals surface area (Å²) in [5, 5.41) is 3.26. The van der Waals surface area contributed by atoms with E-state index in [-0.39, 0.29) is 18.9 Å². The van der Waals surface area contributed by atoms with Crippen molar-refractivity contribution in [2.75, 3.05) is 20.4 Å². The Balaban J connectivity index is 2.31. The second kappa shape index (κ2) is 5.83. The number of benzene rings is 1. The lowest BCUT2D eigenvalue weighted by atomic mass is 10.0. The Labute approximate surface area is 113 Å². The van der Waals surface area contributed by atoms with Gasteiger partial charge in [0, 0.05) is 12.6 Å². The molecule has 2 rings (SSSR count). The molecule has 0 radical (unpaired) electrons. The van der Waals surface area contributed by atoms with Gasteiger partial charge >= 0.3 is 0 Å². The molecule has 1 aromatic rings. The van der Waals surface area contributed by atoms with Crippen LogP contribution in [0.25, 0.3) is 0 Å². The van der Waals surface area contributed by atoms with Gasteiger partial charge in [0.05, 0.1) is 13.2 Å². The zero-order chi connectivity index (χ0) is 13.8. The molecular formula is C14H18N2O3. The van der Waals surface area contributed by atoms with Gasteiger partial charge in [0.1, 0.15) is 0 Å². The van der Waals surface area contributed by atoms with Crippen LogP contribution in [0.3, 0.4) is 0 Å². The third-order valence-electron chi connectivity index (χ3n) is 3.02. The number of ether oxygens (including phenoxy) is 3. The fraction of sp³-hybridized carbons (Fsp3) is 0.429. The lowest BCUT2D eigenvalue weighted by molar-refractivity contribution is 0.171. The molecule has 0 saturated heterocycles. The molecule has 0 bridgehead atoms. The molecule has 0 saturated carbocycles. The van der Waals surface area contributed by atoms with Crippen molar-refractivity contribution < 1.29 is 14.2 Å². The summed E-state index contributed by atoms with van der Waals surface area (Å²) >= 11 is 0. The first-order valence-corrected chi connectivity index (χ1v) is 6.09. The van der Waals surface area contributed by atoms with Crippen molar-refractivity contribution in [3.63, 3.8) is 0 Å². The SMILES string of the molecule is C#CC(C)NC(CN)c1cc(OC)c2c(c1)OCO2. The fourth-order valence-corrected chi connectivity index (χ4v) is 2.00. The molecule has 0 spiro atoms. The van der Waals surface area contributed by atoms with Gasteiger partial charge < -0.3 is 19.9 Å². The van der Waals surface area contributed by atoms with E-state index in [0.717, 1.165) is 5.56 Å². The number of hydrogen-bond donors (Lipinski definition) is 2. The molecule has 2 atom stereocenters. The Bertz CT molecular complexity index is 496. The Morgan fingerprint density at radius 3 is 2.95 bits per heavy atom. The van der Waals surface area contributed by atoms with Crippen LogP contribution in [0.15, 0.2) is 12.1 Å². The number of nitrogens with one attached hydrogen (secondary N) is 1. The van der Waals surface area contributed by atoms with Crippen LogP contribution in [0.1, 0.15) is 18.5 Å². The minimum Gasteiger partial charge on any atom is -0.493 e. The van der Waals surface area contributed by atoms with Gasteiger partial charge in [-0.3, -0.25) is 5.32 Å².